The number of rotatable bonds is 7. The summed E-state index contributed by atoms with van der Waals surface area (Å²) in [6, 6.07) is 14.5. The number of ether oxygens (including phenoxy) is 2. The molecule has 0 atom stereocenters. The molecule has 0 aliphatic heterocycles. The highest BCUT2D eigenvalue weighted by atomic mass is 16.5. The lowest BCUT2D eigenvalue weighted by Crippen LogP contribution is -2.21. The topological polar surface area (TPSA) is 118 Å². The van der Waals surface area contributed by atoms with Crippen LogP contribution in [0.25, 0.3) is 0 Å². The third-order valence-corrected chi connectivity index (χ3v) is 3.36. The number of nitrogens with one attached hydrogen (secondary N) is 2. The van der Waals surface area contributed by atoms with Gasteiger partial charge in [-0.2, -0.15) is 5.26 Å². The number of hydrogen-bond donors (Lipinski definition) is 2. The fourth-order valence-electron chi connectivity index (χ4n) is 2.12. The fourth-order valence-corrected chi connectivity index (χ4v) is 2.12. The first-order chi connectivity index (χ1) is 13.0. The van der Waals surface area contributed by atoms with Gasteiger partial charge < -0.3 is 20.1 Å². The Morgan fingerprint density at radius 2 is 1.70 bits per heavy atom. The molecule has 2 aromatic rings. The molecule has 2 aromatic carbocycles. The Morgan fingerprint density at radius 3 is 2.37 bits per heavy atom. The number of anilines is 2. The van der Waals surface area contributed by atoms with Crippen molar-refractivity contribution >= 4 is 29.2 Å². The first kappa shape index (κ1) is 19.5. The van der Waals surface area contributed by atoms with E-state index in [0.29, 0.717) is 17.1 Å². The molecule has 0 aromatic heterocycles. The quantitative estimate of drug-likeness (QED) is 0.725. The highest BCUT2D eigenvalue weighted by Gasteiger charge is 2.12. The molecule has 2 N–H and O–H groups in total. The molecule has 27 heavy (non-hydrogen) atoms. The number of nitrogens with zero attached hydrogens (tertiary/aromatic N) is 1. The number of carbonyl (C=O) groups excluding carboxylic acids is 3. The zero-order valence-electron chi connectivity index (χ0n) is 14.5. The second-order valence-electron chi connectivity index (χ2n) is 5.29. The van der Waals surface area contributed by atoms with Crippen molar-refractivity contribution < 1.29 is 23.9 Å². The number of amides is 2. The van der Waals surface area contributed by atoms with Crippen LogP contribution in [0.1, 0.15) is 16.8 Å². The fraction of sp³-hybridized carbons (Fsp3) is 0.158. The number of methoxy groups -OCH3 is 1. The van der Waals surface area contributed by atoms with Crippen LogP contribution < -0.4 is 15.4 Å². The van der Waals surface area contributed by atoms with Gasteiger partial charge >= 0.3 is 5.97 Å². The Kier molecular flexibility index (Phi) is 6.91. The minimum atomic E-state index is -0.680. The number of hydrogen-bond acceptors (Lipinski definition) is 6. The van der Waals surface area contributed by atoms with Gasteiger partial charge in [-0.25, -0.2) is 4.79 Å². The third kappa shape index (κ3) is 5.86. The van der Waals surface area contributed by atoms with Gasteiger partial charge in [0.15, 0.2) is 6.61 Å². The van der Waals surface area contributed by atoms with E-state index in [2.05, 4.69) is 10.6 Å². The molecule has 8 heteroatoms. The molecular weight excluding hydrogens is 350 g/mol. The first-order valence-corrected chi connectivity index (χ1v) is 7.90. The minimum Gasteiger partial charge on any atom is -0.495 e. The van der Waals surface area contributed by atoms with Crippen LogP contribution in [0.15, 0.2) is 48.5 Å². The maximum Gasteiger partial charge on any atom is 0.338 e. The second-order valence-corrected chi connectivity index (χ2v) is 5.29. The predicted octanol–water partition coefficient (Wildman–Crippen LogP) is 2.34. The Morgan fingerprint density at radius 1 is 1.00 bits per heavy atom. The molecule has 0 spiro atoms. The van der Waals surface area contributed by atoms with E-state index in [1.54, 1.807) is 30.3 Å². The third-order valence-electron chi connectivity index (χ3n) is 3.36. The average molecular weight is 367 g/mol. The normalized spacial score (nSPS) is 9.63. The Hall–Kier alpha value is -3.86. The Balaban J connectivity index is 1.87. The van der Waals surface area contributed by atoms with E-state index in [1.165, 1.54) is 31.4 Å². The Labute approximate surface area is 155 Å². The molecule has 0 saturated heterocycles. The van der Waals surface area contributed by atoms with Crippen molar-refractivity contribution in [1.29, 1.82) is 5.26 Å². The summed E-state index contributed by atoms with van der Waals surface area (Å²) in [4.78, 5) is 35.3. The summed E-state index contributed by atoms with van der Waals surface area (Å²) in [7, 11) is 1.48. The number of benzene rings is 2. The van der Waals surface area contributed by atoms with Crippen molar-refractivity contribution in [2.45, 2.75) is 6.42 Å². The predicted molar refractivity (Wildman–Crippen MR) is 97.2 cm³/mol. The van der Waals surface area contributed by atoms with Crippen LogP contribution in [-0.4, -0.2) is 31.5 Å². The van der Waals surface area contributed by atoms with Crippen molar-refractivity contribution in [2.75, 3.05) is 24.4 Å². The van der Waals surface area contributed by atoms with Gasteiger partial charge in [-0.1, -0.05) is 12.1 Å². The molecule has 0 bridgehead atoms. The molecule has 0 aliphatic carbocycles. The second kappa shape index (κ2) is 9.58. The maximum atomic E-state index is 12.0. The highest BCUT2D eigenvalue weighted by Crippen LogP contribution is 2.22. The zero-order chi connectivity index (χ0) is 19.6. The monoisotopic (exact) mass is 367 g/mol. The van der Waals surface area contributed by atoms with Crippen molar-refractivity contribution in [1.82, 2.24) is 0 Å². The summed E-state index contributed by atoms with van der Waals surface area (Å²) in [5.41, 5.74) is 1.14. The van der Waals surface area contributed by atoms with E-state index < -0.39 is 24.4 Å². The van der Waals surface area contributed by atoms with Gasteiger partial charge in [0.05, 0.1) is 24.4 Å². The van der Waals surface area contributed by atoms with E-state index in [4.69, 9.17) is 14.7 Å². The summed E-state index contributed by atoms with van der Waals surface area (Å²) in [5.74, 6) is -1.14. The number of esters is 1. The van der Waals surface area contributed by atoms with E-state index >= 15 is 0 Å². The highest BCUT2D eigenvalue weighted by molar-refractivity contribution is 5.97. The lowest BCUT2D eigenvalue weighted by atomic mass is 10.2. The summed E-state index contributed by atoms with van der Waals surface area (Å²) >= 11 is 0. The summed E-state index contributed by atoms with van der Waals surface area (Å²) in [6.07, 6.45) is -0.259. The number of para-hydroxylation sites is 2. The molecule has 8 nitrogen and oxygen atoms in total. The van der Waals surface area contributed by atoms with Crippen LogP contribution in [-0.2, 0) is 14.3 Å². The smallest absolute Gasteiger partial charge is 0.338 e. The van der Waals surface area contributed by atoms with Gasteiger partial charge in [-0.15, -0.1) is 0 Å². The molecule has 0 aliphatic rings. The minimum absolute atomic E-state index is 0.221. The standard InChI is InChI=1S/C19H17N3O5/c1-26-16-5-3-2-4-15(16)22-18(24)12-27-19(25)13-6-8-14(9-7-13)21-17(23)10-11-20/h2-9H,10,12H2,1H3,(H,21,23)(H,22,24). The first-order valence-electron chi connectivity index (χ1n) is 7.90. The SMILES string of the molecule is COc1ccccc1NC(=O)COC(=O)c1ccc(NC(=O)CC#N)cc1. The molecular formula is C19H17N3O5. The Bertz CT molecular complexity index is 872. The number of nitriles is 1. The summed E-state index contributed by atoms with van der Waals surface area (Å²) in [5, 5.41) is 13.5. The summed E-state index contributed by atoms with van der Waals surface area (Å²) < 4.78 is 10.1. The summed E-state index contributed by atoms with van der Waals surface area (Å²) in [6.45, 7) is -0.461. The van der Waals surface area contributed by atoms with E-state index in [9.17, 15) is 14.4 Å². The van der Waals surface area contributed by atoms with Crippen LogP contribution in [0.2, 0.25) is 0 Å². The molecule has 2 amide bonds. The van der Waals surface area contributed by atoms with Gasteiger partial charge in [-0.05, 0) is 36.4 Å². The van der Waals surface area contributed by atoms with Crippen LogP contribution in [0.3, 0.4) is 0 Å². The van der Waals surface area contributed by atoms with Crippen molar-refractivity contribution in [3.8, 4) is 11.8 Å². The van der Waals surface area contributed by atoms with Gasteiger partial charge in [0.1, 0.15) is 12.2 Å². The van der Waals surface area contributed by atoms with Gasteiger partial charge in [-0.3, -0.25) is 9.59 Å². The van der Waals surface area contributed by atoms with E-state index in [-0.39, 0.29) is 12.0 Å². The largest absolute Gasteiger partial charge is 0.495 e. The van der Waals surface area contributed by atoms with Gasteiger partial charge in [0.25, 0.3) is 5.91 Å². The van der Waals surface area contributed by atoms with Crippen LogP contribution in [0.4, 0.5) is 11.4 Å². The molecule has 0 heterocycles. The van der Waals surface area contributed by atoms with E-state index in [0.717, 1.165) is 0 Å². The molecule has 0 saturated carbocycles. The molecule has 0 radical (unpaired) electrons. The molecule has 138 valence electrons. The van der Waals surface area contributed by atoms with Gasteiger partial charge in [0.2, 0.25) is 5.91 Å². The molecule has 0 fully saturated rings. The van der Waals surface area contributed by atoms with Crippen molar-refractivity contribution in [2.24, 2.45) is 0 Å². The zero-order valence-corrected chi connectivity index (χ0v) is 14.5. The lowest BCUT2D eigenvalue weighted by molar-refractivity contribution is -0.119. The average Bonchev–Trinajstić information content (AvgIpc) is 2.67. The van der Waals surface area contributed by atoms with Gasteiger partial charge in [0, 0.05) is 5.69 Å². The van der Waals surface area contributed by atoms with Crippen LogP contribution in [0, 0.1) is 11.3 Å². The van der Waals surface area contributed by atoms with Crippen LogP contribution in [0.5, 0.6) is 5.75 Å². The van der Waals surface area contributed by atoms with Crippen molar-refractivity contribution in [3.63, 3.8) is 0 Å². The molecule has 2 rings (SSSR count). The lowest BCUT2D eigenvalue weighted by Gasteiger charge is -2.10. The maximum absolute atomic E-state index is 12.0. The molecule has 0 unspecified atom stereocenters. The van der Waals surface area contributed by atoms with Crippen molar-refractivity contribution in [3.05, 3.63) is 54.1 Å². The van der Waals surface area contributed by atoms with Crippen LogP contribution >= 0.6 is 0 Å². The van der Waals surface area contributed by atoms with E-state index in [1.807, 2.05) is 0 Å². The number of carbonyl (C=O) groups is 3.